The van der Waals surface area contributed by atoms with E-state index in [1.165, 1.54) is 12.1 Å². The Bertz CT molecular complexity index is 486. The highest BCUT2D eigenvalue weighted by Gasteiger charge is 2.33. The lowest BCUT2D eigenvalue weighted by Gasteiger charge is -2.27. The molecule has 0 amide bonds. The van der Waals surface area contributed by atoms with Crippen LogP contribution in [0.3, 0.4) is 0 Å². The van der Waals surface area contributed by atoms with Crippen LogP contribution >= 0.6 is 11.8 Å². The number of hydrogen-bond acceptors (Lipinski definition) is 5. The van der Waals surface area contributed by atoms with Crippen LogP contribution in [-0.4, -0.2) is 34.3 Å². The highest BCUT2D eigenvalue weighted by atomic mass is 32.2. The van der Waals surface area contributed by atoms with Crippen LogP contribution in [0.2, 0.25) is 0 Å². The summed E-state index contributed by atoms with van der Waals surface area (Å²) in [6.07, 6.45) is 1.83. The average molecular weight is 312 g/mol. The van der Waals surface area contributed by atoms with Gasteiger partial charge in [-0.25, -0.2) is 0 Å². The molecule has 2 N–H and O–H groups in total. The molecule has 0 spiro atoms. The number of non-ortho nitro benzene ring substituents is 1. The molecule has 1 aromatic rings. The number of aliphatic carboxylic acids is 1. The number of thioether (sulfide) groups is 1. The maximum atomic E-state index is 11.3. The summed E-state index contributed by atoms with van der Waals surface area (Å²) >= 11 is 1.57. The highest BCUT2D eigenvalue weighted by molar-refractivity contribution is 7.99. The first-order valence-electron chi connectivity index (χ1n) is 6.74. The standard InChI is InChI=1S/C14H20N2O4S/c1-3-14(15-2,13(17)18)9-4-10-21-12-7-5-11(6-8-12)16(19)20/h5-8,15H,3-4,9-10H2,1-2H3,(H,17,18). The van der Waals surface area contributed by atoms with Crippen molar-refractivity contribution in [1.82, 2.24) is 5.32 Å². The zero-order valence-electron chi connectivity index (χ0n) is 12.2. The van der Waals surface area contributed by atoms with Crippen LogP contribution in [-0.2, 0) is 4.79 Å². The molecule has 1 aromatic carbocycles. The molecule has 0 saturated carbocycles. The van der Waals surface area contributed by atoms with E-state index in [0.29, 0.717) is 12.8 Å². The summed E-state index contributed by atoms with van der Waals surface area (Å²) in [5.74, 6) is -0.0537. The average Bonchev–Trinajstić information content (AvgIpc) is 2.48. The number of carbonyl (C=O) groups is 1. The summed E-state index contributed by atoms with van der Waals surface area (Å²) in [7, 11) is 1.67. The van der Waals surface area contributed by atoms with Gasteiger partial charge in [-0.2, -0.15) is 0 Å². The summed E-state index contributed by atoms with van der Waals surface area (Å²) in [6, 6.07) is 6.38. The molecular formula is C14H20N2O4S. The van der Waals surface area contributed by atoms with Crippen LogP contribution in [0, 0.1) is 10.1 Å². The van der Waals surface area contributed by atoms with Crippen molar-refractivity contribution in [1.29, 1.82) is 0 Å². The minimum absolute atomic E-state index is 0.0745. The number of nitro benzene ring substituents is 1. The van der Waals surface area contributed by atoms with Crippen molar-refractivity contribution in [3.63, 3.8) is 0 Å². The molecule has 0 aromatic heterocycles. The minimum Gasteiger partial charge on any atom is -0.480 e. The fourth-order valence-corrected chi connectivity index (χ4v) is 2.92. The predicted molar refractivity (Wildman–Crippen MR) is 82.8 cm³/mol. The van der Waals surface area contributed by atoms with E-state index in [9.17, 15) is 20.0 Å². The Morgan fingerprint density at radius 3 is 2.48 bits per heavy atom. The van der Waals surface area contributed by atoms with Gasteiger partial charge in [-0.1, -0.05) is 6.92 Å². The SMILES string of the molecule is CCC(CCCSc1ccc([N+](=O)[O-])cc1)(NC)C(=O)O. The molecule has 0 saturated heterocycles. The molecular weight excluding hydrogens is 292 g/mol. The van der Waals surface area contributed by atoms with Crippen LogP contribution in [0.1, 0.15) is 26.2 Å². The highest BCUT2D eigenvalue weighted by Crippen LogP contribution is 2.24. The lowest BCUT2D eigenvalue weighted by atomic mass is 9.91. The topological polar surface area (TPSA) is 92.5 Å². The van der Waals surface area contributed by atoms with Crippen LogP contribution in [0.15, 0.2) is 29.2 Å². The minimum atomic E-state index is -0.865. The van der Waals surface area contributed by atoms with E-state index in [1.807, 2.05) is 6.92 Å². The first kappa shape index (κ1) is 17.5. The number of carboxylic acid groups (broad SMARTS) is 1. The Balaban J connectivity index is 2.46. The second-order valence-electron chi connectivity index (χ2n) is 4.69. The smallest absolute Gasteiger partial charge is 0.323 e. The van der Waals surface area contributed by atoms with Crippen molar-refractivity contribution in [2.24, 2.45) is 0 Å². The molecule has 6 nitrogen and oxygen atoms in total. The number of nitro groups is 1. The van der Waals surface area contributed by atoms with Crippen molar-refractivity contribution in [3.8, 4) is 0 Å². The lowest BCUT2D eigenvalue weighted by Crippen LogP contribution is -2.49. The van der Waals surface area contributed by atoms with Gasteiger partial charge in [0.25, 0.3) is 5.69 Å². The van der Waals surface area contributed by atoms with Crippen LogP contribution in [0.4, 0.5) is 5.69 Å². The number of nitrogens with zero attached hydrogens (tertiary/aromatic N) is 1. The van der Waals surface area contributed by atoms with Crippen molar-refractivity contribution in [2.75, 3.05) is 12.8 Å². The number of hydrogen-bond donors (Lipinski definition) is 2. The van der Waals surface area contributed by atoms with E-state index in [0.717, 1.165) is 17.1 Å². The van der Waals surface area contributed by atoms with Gasteiger partial charge in [0.05, 0.1) is 4.92 Å². The van der Waals surface area contributed by atoms with Gasteiger partial charge in [-0.3, -0.25) is 14.9 Å². The third-order valence-corrected chi connectivity index (χ3v) is 4.65. The first-order valence-corrected chi connectivity index (χ1v) is 7.73. The number of benzene rings is 1. The van der Waals surface area contributed by atoms with Crippen molar-refractivity contribution in [2.45, 2.75) is 36.6 Å². The molecule has 0 radical (unpaired) electrons. The molecule has 0 aliphatic heterocycles. The summed E-state index contributed by atoms with van der Waals surface area (Å²) < 4.78 is 0. The number of nitrogens with one attached hydrogen (secondary N) is 1. The third kappa shape index (κ3) is 4.71. The van der Waals surface area contributed by atoms with Crippen molar-refractivity contribution >= 4 is 23.4 Å². The summed E-state index contributed by atoms with van der Waals surface area (Å²) in [5.41, 5.74) is -0.791. The van der Waals surface area contributed by atoms with Gasteiger partial charge in [0, 0.05) is 17.0 Å². The van der Waals surface area contributed by atoms with Crippen LogP contribution in [0.5, 0.6) is 0 Å². The Kier molecular flexibility index (Phi) is 6.64. The molecule has 1 rings (SSSR count). The van der Waals surface area contributed by atoms with Crippen molar-refractivity contribution in [3.05, 3.63) is 34.4 Å². The van der Waals surface area contributed by atoms with E-state index < -0.39 is 16.4 Å². The predicted octanol–water partition coefficient (Wildman–Crippen LogP) is 2.92. The molecule has 0 aliphatic carbocycles. The Morgan fingerprint density at radius 2 is 2.05 bits per heavy atom. The Hall–Kier alpha value is -1.60. The van der Waals surface area contributed by atoms with E-state index in [-0.39, 0.29) is 5.69 Å². The fraction of sp³-hybridized carbons (Fsp3) is 0.500. The monoisotopic (exact) mass is 312 g/mol. The molecule has 0 heterocycles. The molecule has 0 fully saturated rings. The maximum Gasteiger partial charge on any atom is 0.323 e. The van der Waals surface area contributed by atoms with Gasteiger partial charge >= 0.3 is 5.97 Å². The zero-order valence-corrected chi connectivity index (χ0v) is 13.0. The summed E-state index contributed by atoms with van der Waals surface area (Å²) in [5, 5.41) is 22.7. The van der Waals surface area contributed by atoms with Gasteiger partial charge in [-0.15, -0.1) is 11.8 Å². The van der Waals surface area contributed by atoms with Gasteiger partial charge in [0.2, 0.25) is 0 Å². The first-order chi connectivity index (χ1) is 9.95. The lowest BCUT2D eigenvalue weighted by molar-refractivity contribution is -0.384. The molecule has 0 bridgehead atoms. The molecule has 1 unspecified atom stereocenters. The van der Waals surface area contributed by atoms with E-state index >= 15 is 0 Å². The fourth-order valence-electron chi connectivity index (χ4n) is 2.07. The number of carboxylic acids is 1. The van der Waals surface area contributed by atoms with E-state index in [1.54, 1.807) is 30.9 Å². The summed E-state index contributed by atoms with van der Waals surface area (Å²) in [6.45, 7) is 1.86. The number of likely N-dealkylation sites (N-methyl/N-ethyl adjacent to an activating group) is 1. The van der Waals surface area contributed by atoms with Crippen molar-refractivity contribution < 1.29 is 14.8 Å². The Labute approximate surface area is 128 Å². The molecule has 0 aliphatic rings. The molecule has 116 valence electrons. The zero-order chi connectivity index (χ0) is 15.9. The normalized spacial score (nSPS) is 13.6. The van der Waals surface area contributed by atoms with Gasteiger partial charge in [0.1, 0.15) is 5.54 Å². The molecule has 21 heavy (non-hydrogen) atoms. The second-order valence-corrected chi connectivity index (χ2v) is 5.86. The largest absolute Gasteiger partial charge is 0.480 e. The quantitative estimate of drug-likeness (QED) is 0.315. The molecule has 7 heteroatoms. The second kappa shape index (κ2) is 7.99. The van der Waals surface area contributed by atoms with Gasteiger partial charge < -0.3 is 10.4 Å². The molecule has 1 atom stereocenters. The maximum absolute atomic E-state index is 11.3. The van der Waals surface area contributed by atoms with Gasteiger partial charge in [0.15, 0.2) is 0 Å². The summed E-state index contributed by atoms with van der Waals surface area (Å²) in [4.78, 5) is 22.4. The van der Waals surface area contributed by atoms with Crippen LogP contribution in [0.25, 0.3) is 0 Å². The van der Waals surface area contributed by atoms with E-state index in [4.69, 9.17) is 0 Å². The van der Waals surface area contributed by atoms with Gasteiger partial charge in [-0.05, 0) is 44.2 Å². The third-order valence-electron chi connectivity index (χ3n) is 3.56. The van der Waals surface area contributed by atoms with E-state index in [2.05, 4.69) is 5.32 Å². The number of rotatable bonds is 9. The Morgan fingerprint density at radius 1 is 1.43 bits per heavy atom. The van der Waals surface area contributed by atoms with Crippen LogP contribution < -0.4 is 5.32 Å².